The molecule has 0 unspecified atom stereocenters. The van der Waals surface area contributed by atoms with Crippen LogP contribution < -0.4 is 5.32 Å². The Morgan fingerprint density at radius 2 is 1.82 bits per heavy atom. The van der Waals surface area contributed by atoms with Crippen LogP contribution in [-0.4, -0.2) is 54.3 Å². The molecule has 1 aromatic rings. The van der Waals surface area contributed by atoms with Crippen LogP contribution in [0.15, 0.2) is 24.3 Å². The summed E-state index contributed by atoms with van der Waals surface area (Å²) in [5, 5.41) is 2.96. The monoisotopic (exact) mass is 301 g/mol. The summed E-state index contributed by atoms with van der Waals surface area (Å²) < 4.78 is 0. The van der Waals surface area contributed by atoms with E-state index in [0.29, 0.717) is 12.5 Å². The number of piperazine rings is 1. The molecule has 22 heavy (non-hydrogen) atoms. The lowest BCUT2D eigenvalue weighted by molar-refractivity contribution is -0.134. The fourth-order valence-corrected chi connectivity index (χ4v) is 2.82. The third kappa shape index (κ3) is 3.65. The first-order chi connectivity index (χ1) is 10.6. The van der Waals surface area contributed by atoms with Crippen LogP contribution in [-0.2, 0) is 9.59 Å². The second kappa shape index (κ2) is 6.48. The number of nitrogens with zero attached hydrogens (tertiary/aromatic N) is 2. The summed E-state index contributed by atoms with van der Waals surface area (Å²) >= 11 is 0. The van der Waals surface area contributed by atoms with Crippen LogP contribution in [0.25, 0.3) is 0 Å². The van der Waals surface area contributed by atoms with Crippen molar-refractivity contribution in [3.63, 3.8) is 0 Å². The minimum absolute atomic E-state index is 0.0104. The molecule has 1 aliphatic carbocycles. The van der Waals surface area contributed by atoms with Crippen molar-refractivity contribution in [1.29, 1.82) is 0 Å². The van der Waals surface area contributed by atoms with Crippen molar-refractivity contribution in [1.82, 2.24) is 9.80 Å². The van der Waals surface area contributed by atoms with Crippen molar-refractivity contribution < 1.29 is 9.59 Å². The molecular formula is C17H23N3O2. The number of benzene rings is 1. The van der Waals surface area contributed by atoms with Crippen molar-refractivity contribution in [2.45, 2.75) is 19.8 Å². The van der Waals surface area contributed by atoms with Crippen molar-refractivity contribution >= 4 is 17.5 Å². The highest BCUT2D eigenvalue weighted by molar-refractivity contribution is 5.93. The van der Waals surface area contributed by atoms with Crippen LogP contribution in [0.5, 0.6) is 0 Å². The van der Waals surface area contributed by atoms with E-state index in [4.69, 9.17) is 0 Å². The van der Waals surface area contributed by atoms with E-state index in [1.54, 1.807) is 0 Å². The van der Waals surface area contributed by atoms with Gasteiger partial charge in [0.25, 0.3) is 0 Å². The number of carbonyl (C=O) groups excluding carboxylic acids is 2. The Kier molecular flexibility index (Phi) is 4.43. The average molecular weight is 301 g/mol. The van der Waals surface area contributed by atoms with Crippen molar-refractivity contribution in [2.24, 2.45) is 5.92 Å². The first-order valence-corrected chi connectivity index (χ1v) is 8.00. The van der Waals surface area contributed by atoms with Gasteiger partial charge in [0.1, 0.15) is 0 Å². The first-order valence-electron chi connectivity index (χ1n) is 8.00. The Labute approximate surface area is 131 Å². The number of hydrogen-bond acceptors (Lipinski definition) is 3. The second-order valence-corrected chi connectivity index (χ2v) is 6.24. The highest BCUT2D eigenvalue weighted by atomic mass is 16.2. The van der Waals surface area contributed by atoms with Crippen molar-refractivity contribution in [2.75, 3.05) is 38.0 Å². The van der Waals surface area contributed by atoms with Crippen LogP contribution >= 0.6 is 0 Å². The van der Waals surface area contributed by atoms with Crippen molar-refractivity contribution in [3.8, 4) is 0 Å². The van der Waals surface area contributed by atoms with E-state index in [1.165, 1.54) is 0 Å². The van der Waals surface area contributed by atoms with E-state index in [2.05, 4.69) is 10.2 Å². The Bertz CT molecular complexity index is 561. The predicted molar refractivity (Wildman–Crippen MR) is 85.6 cm³/mol. The molecule has 1 heterocycles. The Morgan fingerprint density at radius 1 is 1.14 bits per heavy atom. The van der Waals surface area contributed by atoms with Gasteiger partial charge in [-0.1, -0.05) is 18.2 Å². The third-order valence-electron chi connectivity index (χ3n) is 4.40. The van der Waals surface area contributed by atoms with Crippen LogP contribution in [0, 0.1) is 12.8 Å². The number of aryl methyl sites for hydroxylation is 1. The van der Waals surface area contributed by atoms with Crippen LogP contribution in [0.1, 0.15) is 18.4 Å². The number of anilines is 1. The number of hydrogen-bond donors (Lipinski definition) is 1. The number of rotatable bonds is 4. The summed E-state index contributed by atoms with van der Waals surface area (Å²) in [5.41, 5.74) is 1.94. The Balaban J connectivity index is 1.45. The largest absolute Gasteiger partial charge is 0.340 e. The van der Waals surface area contributed by atoms with Crippen molar-refractivity contribution in [3.05, 3.63) is 29.8 Å². The van der Waals surface area contributed by atoms with Gasteiger partial charge in [-0.15, -0.1) is 0 Å². The molecule has 0 spiro atoms. The van der Waals surface area contributed by atoms with Gasteiger partial charge in [0.15, 0.2) is 0 Å². The molecular weight excluding hydrogens is 278 g/mol. The summed E-state index contributed by atoms with van der Waals surface area (Å²) in [5.74, 6) is 0.608. The molecule has 3 rings (SSSR count). The van der Waals surface area contributed by atoms with Crippen LogP contribution in [0.3, 0.4) is 0 Å². The highest BCUT2D eigenvalue weighted by Gasteiger charge is 2.34. The standard InChI is InChI=1S/C17H23N3O2/c1-13-4-2-3-5-15(13)18-16(21)12-19-8-10-20(11-9-19)17(22)14-6-7-14/h2-5,14H,6-12H2,1H3,(H,18,21). The Hall–Kier alpha value is -1.88. The topological polar surface area (TPSA) is 52.7 Å². The fourth-order valence-electron chi connectivity index (χ4n) is 2.82. The molecule has 1 saturated carbocycles. The van der Waals surface area contributed by atoms with Crippen LogP contribution in [0.4, 0.5) is 5.69 Å². The number of nitrogens with one attached hydrogen (secondary N) is 1. The van der Waals surface area contributed by atoms with E-state index in [-0.39, 0.29) is 11.8 Å². The number of carbonyl (C=O) groups is 2. The zero-order chi connectivity index (χ0) is 15.5. The zero-order valence-corrected chi connectivity index (χ0v) is 13.0. The van der Waals surface area contributed by atoms with E-state index < -0.39 is 0 Å². The first kappa shape index (κ1) is 15.0. The van der Waals surface area contributed by atoms with Gasteiger partial charge in [-0.3, -0.25) is 14.5 Å². The summed E-state index contributed by atoms with van der Waals surface area (Å²) in [7, 11) is 0. The lowest BCUT2D eigenvalue weighted by atomic mass is 10.2. The molecule has 5 heteroatoms. The summed E-state index contributed by atoms with van der Waals surface area (Å²) in [4.78, 5) is 28.2. The van der Waals surface area contributed by atoms with Gasteiger partial charge in [-0.05, 0) is 31.4 Å². The Morgan fingerprint density at radius 3 is 2.45 bits per heavy atom. The molecule has 2 amide bonds. The molecule has 0 aromatic heterocycles. The molecule has 1 saturated heterocycles. The zero-order valence-electron chi connectivity index (χ0n) is 13.0. The van der Waals surface area contributed by atoms with Gasteiger partial charge < -0.3 is 10.2 Å². The molecule has 2 aliphatic rings. The molecule has 0 bridgehead atoms. The lowest BCUT2D eigenvalue weighted by Gasteiger charge is -2.34. The van der Waals surface area contributed by atoms with Gasteiger partial charge >= 0.3 is 0 Å². The molecule has 1 N–H and O–H groups in total. The molecule has 2 fully saturated rings. The average Bonchev–Trinajstić information content (AvgIpc) is 3.34. The SMILES string of the molecule is Cc1ccccc1NC(=O)CN1CCN(C(=O)C2CC2)CC1. The third-order valence-corrected chi connectivity index (χ3v) is 4.40. The maximum atomic E-state index is 12.1. The predicted octanol–water partition coefficient (Wildman–Crippen LogP) is 1.49. The van der Waals surface area contributed by atoms with Gasteiger partial charge in [0.2, 0.25) is 11.8 Å². The number of para-hydroxylation sites is 1. The molecule has 118 valence electrons. The molecule has 5 nitrogen and oxygen atoms in total. The van der Waals surface area contributed by atoms with E-state index in [0.717, 1.165) is 50.3 Å². The van der Waals surface area contributed by atoms with E-state index in [1.807, 2.05) is 36.1 Å². The van der Waals surface area contributed by atoms with E-state index >= 15 is 0 Å². The molecule has 0 atom stereocenters. The molecule has 1 aliphatic heterocycles. The highest BCUT2D eigenvalue weighted by Crippen LogP contribution is 2.31. The van der Waals surface area contributed by atoms with Crippen LogP contribution in [0.2, 0.25) is 0 Å². The minimum Gasteiger partial charge on any atom is -0.340 e. The maximum absolute atomic E-state index is 12.1. The summed E-state index contributed by atoms with van der Waals surface area (Å²) in [6, 6.07) is 7.78. The number of amides is 2. The van der Waals surface area contributed by atoms with Gasteiger partial charge in [0, 0.05) is 37.8 Å². The van der Waals surface area contributed by atoms with Gasteiger partial charge in [-0.25, -0.2) is 0 Å². The smallest absolute Gasteiger partial charge is 0.238 e. The quantitative estimate of drug-likeness (QED) is 0.916. The van der Waals surface area contributed by atoms with Gasteiger partial charge in [-0.2, -0.15) is 0 Å². The normalized spacial score (nSPS) is 19.0. The van der Waals surface area contributed by atoms with E-state index in [9.17, 15) is 9.59 Å². The second-order valence-electron chi connectivity index (χ2n) is 6.24. The summed E-state index contributed by atoms with van der Waals surface area (Å²) in [6.07, 6.45) is 2.11. The molecule has 1 aromatic carbocycles. The minimum atomic E-state index is 0.0104. The fraction of sp³-hybridized carbons (Fsp3) is 0.529. The van der Waals surface area contributed by atoms with Gasteiger partial charge in [0.05, 0.1) is 6.54 Å². The maximum Gasteiger partial charge on any atom is 0.238 e. The molecule has 0 radical (unpaired) electrons. The lowest BCUT2D eigenvalue weighted by Crippen LogP contribution is -2.50. The summed E-state index contributed by atoms with van der Waals surface area (Å²) in [6.45, 7) is 5.41.